The van der Waals surface area contributed by atoms with E-state index in [0.29, 0.717) is 25.2 Å². The lowest BCUT2D eigenvalue weighted by Gasteiger charge is -2.21. The van der Waals surface area contributed by atoms with E-state index in [4.69, 9.17) is 11.1 Å². The van der Waals surface area contributed by atoms with E-state index in [2.05, 4.69) is 0 Å². The van der Waals surface area contributed by atoms with E-state index in [1.165, 1.54) is 6.07 Å². The van der Waals surface area contributed by atoms with Crippen molar-refractivity contribution >= 4 is 11.5 Å². The largest absolute Gasteiger partial charge is 0.391 e. The second kappa shape index (κ2) is 4.09. The van der Waals surface area contributed by atoms with Gasteiger partial charge in [0.25, 0.3) is 0 Å². The molecule has 1 fully saturated rings. The van der Waals surface area contributed by atoms with E-state index in [-0.39, 0.29) is 17.5 Å². The van der Waals surface area contributed by atoms with Crippen LogP contribution < -0.4 is 10.6 Å². The van der Waals surface area contributed by atoms with Gasteiger partial charge in [-0.3, -0.25) is 5.41 Å². The van der Waals surface area contributed by atoms with Gasteiger partial charge < -0.3 is 15.7 Å². The number of amidine groups is 1. The average molecular weight is 223 g/mol. The minimum atomic E-state index is -0.494. The summed E-state index contributed by atoms with van der Waals surface area (Å²) >= 11 is 0. The summed E-state index contributed by atoms with van der Waals surface area (Å²) in [7, 11) is 0. The number of nitrogens with zero attached hydrogens (tertiary/aromatic N) is 1. The molecule has 1 aromatic carbocycles. The number of rotatable bonds is 2. The first-order chi connectivity index (χ1) is 7.59. The molecule has 1 unspecified atom stereocenters. The zero-order valence-electron chi connectivity index (χ0n) is 8.78. The fourth-order valence-corrected chi connectivity index (χ4v) is 2.00. The summed E-state index contributed by atoms with van der Waals surface area (Å²) < 4.78 is 13.5. The molecule has 0 saturated carbocycles. The molecule has 1 heterocycles. The van der Waals surface area contributed by atoms with Crippen molar-refractivity contribution in [2.45, 2.75) is 12.5 Å². The fraction of sp³-hybridized carbons (Fsp3) is 0.364. The molecule has 5 heteroatoms. The van der Waals surface area contributed by atoms with Gasteiger partial charge in [0.05, 0.1) is 17.4 Å². The van der Waals surface area contributed by atoms with Crippen LogP contribution in [0.2, 0.25) is 0 Å². The monoisotopic (exact) mass is 223 g/mol. The molecule has 0 radical (unpaired) electrons. The van der Waals surface area contributed by atoms with Crippen LogP contribution in [0, 0.1) is 11.2 Å². The Labute approximate surface area is 93.0 Å². The van der Waals surface area contributed by atoms with Gasteiger partial charge in [0, 0.05) is 13.1 Å². The van der Waals surface area contributed by atoms with Crippen molar-refractivity contribution in [3.63, 3.8) is 0 Å². The van der Waals surface area contributed by atoms with Gasteiger partial charge in [-0.2, -0.15) is 0 Å². The first-order valence-electron chi connectivity index (χ1n) is 5.15. The molecule has 16 heavy (non-hydrogen) atoms. The lowest BCUT2D eigenvalue weighted by atomic mass is 10.1. The maximum absolute atomic E-state index is 13.5. The zero-order chi connectivity index (χ0) is 11.7. The molecular formula is C11H14FN3O. The Morgan fingerprint density at radius 3 is 2.88 bits per heavy atom. The molecule has 4 nitrogen and oxygen atoms in total. The number of aliphatic hydroxyl groups excluding tert-OH is 1. The Morgan fingerprint density at radius 1 is 1.56 bits per heavy atom. The topological polar surface area (TPSA) is 73.3 Å². The van der Waals surface area contributed by atoms with Gasteiger partial charge in [0.15, 0.2) is 0 Å². The molecule has 86 valence electrons. The molecule has 0 aromatic heterocycles. The standard InChI is InChI=1S/C11H14FN3O/c12-8-2-1-3-9(10(8)11(13)14)15-5-4-7(16)6-15/h1-3,7,16H,4-6H2,(H3,13,14). The van der Waals surface area contributed by atoms with Gasteiger partial charge >= 0.3 is 0 Å². The minimum absolute atomic E-state index is 0.122. The van der Waals surface area contributed by atoms with Crippen LogP contribution in [0.4, 0.5) is 10.1 Å². The molecule has 1 aliphatic rings. The average Bonchev–Trinajstić information content (AvgIpc) is 2.63. The normalized spacial score (nSPS) is 20.1. The van der Waals surface area contributed by atoms with Crippen molar-refractivity contribution in [1.82, 2.24) is 0 Å². The number of anilines is 1. The lowest BCUT2D eigenvalue weighted by Crippen LogP contribution is -2.26. The van der Waals surface area contributed by atoms with Crippen LogP contribution in [0.3, 0.4) is 0 Å². The van der Waals surface area contributed by atoms with Gasteiger partial charge in [-0.15, -0.1) is 0 Å². The number of halogens is 1. The van der Waals surface area contributed by atoms with E-state index in [1.54, 1.807) is 12.1 Å². The summed E-state index contributed by atoms with van der Waals surface area (Å²) in [5.41, 5.74) is 6.08. The van der Waals surface area contributed by atoms with E-state index in [9.17, 15) is 9.50 Å². The van der Waals surface area contributed by atoms with Crippen LogP contribution in [0.1, 0.15) is 12.0 Å². The number of benzene rings is 1. The van der Waals surface area contributed by atoms with Gasteiger partial charge in [-0.05, 0) is 18.6 Å². The van der Waals surface area contributed by atoms with E-state index >= 15 is 0 Å². The molecule has 1 aromatic rings. The summed E-state index contributed by atoms with van der Waals surface area (Å²) in [5.74, 6) is -0.777. The van der Waals surface area contributed by atoms with Crippen LogP contribution in [-0.4, -0.2) is 30.1 Å². The third-order valence-corrected chi connectivity index (χ3v) is 2.77. The van der Waals surface area contributed by atoms with Crippen molar-refractivity contribution in [3.8, 4) is 0 Å². The molecule has 2 rings (SSSR count). The Hall–Kier alpha value is -1.62. The van der Waals surface area contributed by atoms with Crippen LogP contribution in [-0.2, 0) is 0 Å². The first-order valence-corrected chi connectivity index (χ1v) is 5.15. The molecule has 0 amide bonds. The van der Waals surface area contributed by atoms with Crippen LogP contribution in [0.5, 0.6) is 0 Å². The molecular weight excluding hydrogens is 209 g/mol. The quantitative estimate of drug-likeness (QED) is 0.510. The number of β-amino-alcohol motifs (C(OH)–C–C–N with tert-alkyl or cyclic N) is 1. The van der Waals surface area contributed by atoms with Crippen LogP contribution >= 0.6 is 0 Å². The number of nitrogens with two attached hydrogens (primary N) is 1. The van der Waals surface area contributed by atoms with Crippen molar-refractivity contribution in [2.24, 2.45) is 5.73 Å². The maximum Gasteiger partial charge on any atom is 0.136 e. The predicted molar refractivity (Wildman–Crippen MR) is 60.3 cm³/mol. The fourth-order valence-electron chi connectivity index (χ4n) is 2.00. The highest BCUT2D eigenvalue weighted by Crippen LogP contribution is 2.26. The molecule has 1 aliphatic heterocycles. The highest BCUT2D eigenvalue weighted by molar-refractivity contribution is 6.00. The molecule has 0 bridgehead atoms. The van der Waals surface area contributed by atoms with Gasteiger partial charge in [0.2, 0.25) is 0 Å². The van der Waals surface area contributed by atoms with Crippen molar-refractivity contribution in [1.29, 1.82) is 5.41 Å². The molecule has 1 saturated heterocycles. The number of hydrogen-bond acceptors (Lipinski definition) is 3. The van der Waals surface area contributed by atoms with Gasteiger partial charge in [0.1, 0.15) is 11.7 Å². The van der Waals surface area contributed by atoms with Crippen LogP contribution in [0.15, 0.2) is 18.2 Å². The first kappa shape index (κ1) is 10.9. The molecule has 1 atom stereocenters. The van der Waals surface area contributed by atoms with Crippen molar-refractivity contribution in [3.05, 3.63) is 29.6 Å². The number of aliphatic hydroxyl groups is 1. The zero-order valence-corrected chi connectivity index (χ0v) is 8.78. The van der Waals surface area contributed by atoms with E-state index in [0.717, 1.165) is 0 Å². The third kappa shape index (κ3) is 1.86. The number of hydrogen-bond donors (Lipinski definition) is 3. The highest BCUT2D eigenvalue weighted by atomic mass is 19.1. The SMILES string of the molecule is N=C(N)c1c(F)cccc1N1CCC(O)C1. The second-order valence-corrected chi connectivity index (χ2v) is 3.94. The summed E-state index contributed by atoms with van der Waals surface area (Å²) in [6.45, 7) is 1.12. The lowest BCUT2D eigenvalue weighted by molar-refractivity contribution is 0.198. The molecule has 0 spiro atoms. The third-order valence-electron chi connectivity index (χ3n) is 2.77. The summed E-state index contributed by atoms with van der Waals surface area (Å²) in [4.78, 5) is 1.85. The highest BCUT2D eigenvalue weighted by Gasteiger charge is 2.24. The van der Waals surface area contributed by atoms with E-state index < -0.39 is 5.82 Å². The van der Waals surface area contributed by atoms with Gasteiger partial charge in [-0.1, -0.05) is 6.07 Å². The number of nitrogen functional groups attached to an aromatic ring is 1. The molecule has 4 N–H and O–H groups in total. The second-order valence-electron chi connectivity index (χ2n) is 3.94. The maximum atomic E-state index is 13.5. The summed E-state index contributed by atoms with van der Waals surface area (Å²) in [5, 5.41) is 16.8. The van der Waals surface area contributed by atoms with Crippen LogP contribution in [0.25, 0.3) is 0 Å². The Kier molecular flexibility index (Phi) is 2.78. The van der Waals surface area contributed by atoms with Crippen molar-refractivity contribution < 1.29 is 9.50 Å². The van der Waals surface area contributed by atoms with E-state index in [1.807, 2.05) is 4.90 Å². The summed E-state index contributed by atoms with van der Waals surface area (Å²) in [6, 6.07) is 4.59. The van der Waals surface area contributed by atoms with Crippen molar-refractivity contribution in [2.75, 3.05) is 18.0 Å². The minimum Gasteiger partial charge on any atom is -0.391 e. The Morgan fingerprint density at radius 2 is 2.31 bits per heavy atom. The molecule has 0 aliphatic carbocycles. The Bertz CT molecular complexity index is 422. The summed E-state index contributed by atoms with van der Waals surface area (Å²) in [6.07, 6.45) is 0.275. The Balaban J connectivity index is 2.40. The number of nitrogens with one attached hydrogen (secondary N) is 1. The smallest absolute Gasteiger partial charge is 0.136 e. The van der Waals surface area contributed by atoms with Gasteiger partial charge in [-0.25, -0.2) is 4.39 Å². The predicted octanol–water partition coefficient (Wildman–Crippen LogP) is 0.681.